The molecule has 0 bridgehead atoms. The number of benzene rings is 1. The summed E-state index contributed by atoms with van der Waals surface area (Å²) in [5, 5.41) is 17.8. The van der Waals surface area contributed by atoms with Crippen molar-refractivity contribution in [1.82, 2.24) is 0 Å². The van der Waals surface area contributed by atoms with E-state index in [1.54, 1.807) is 29.8 Å². The van der Waals surface area contributed by atoms with E-state index in [9.17, 15) is 23.1 Å². The van der Waals surface area contributed by atoms with Crippen molar-refractivity contribution in [1.29, 1.82) is 0 Å². The lowest BCUT2D eigenvalue weighted by Crippen LogP contribution is -2.23. The average Bonchev–Trinajstić information content (AvgIpc) is 3.38. The predicted octanol–water partition coefficient (Wildman–Crippen LogP) is 6.10. The van der Waals surface area contributed by atoms with Gasteiger partial charge in [-0.25, -0.2) is 4.79 Å². The largest absolute Gasteiger partial charge is 0.453 e. The van der Waals surface area contributed by atoms with Gasteiger partial charge in [-0.15, -0.1) is 0 Å². The minimum Gasteiger partial charge on any atom is -0.453 e. The second-order valence-electron chi connectivity index (χ2n) is 6.32. The molecule has 0 aliphatic heterocycles. The first kappa shape index (κ1) is 20.6. The number of carbonyl (C=O) groups is 1. The average molecular weight is 426 g/mol. The highest BCUT2D eigenvalue weighted by molar-refractivity contribution is 7.08. The van der Waals surface area contributed by atoms with E-state index in [1.165, 1.54) is 34.8 Å². The van der Waals surface area contributed by atoms with Crippen LogP contribution in [0.15, 0.2) is 57.9 Å². The Morgan fingerprint density at radius 3 is 2.18 bits per heavy atom. The lowest BCUT2D eigenvalue weighted by Gasteiger charge is -2.28. The molecule has 3 atom stereocenters. The standard InChI is InChI=1S/C20H17F3O3S2/c1-12(17(24)13-2-4-16(5-3-13)20(21,22)23)18(14-6-8-27-10-14)26-19(25)15-7-9-28-11-15/h2-12,17-18,24H,1H3/t12-,17-,18-/m0/s1. The maximum atomic E-state index is 12.8. The topological polar surface area (TPSA) is 46.5 Å². The Bertz CT molecular complexity index is 888. The second-order valence-corrected chi connectivity index (χ2v) is 7.88. The molecule has 1 N–H and O–H groups in total. The first-order valence-corrected chi connectivity index (χ1v) is 10.3. The molecule has 0 amide bonds. The molecule has 0 radical (unpaired) electrons. The van der Waals surface area contributed by atoms with Gasteiger partial charge in [0.25, 0.3) is 0 Å². The van der Waals surface area contributed by atoms with Gasteiger partial charge in [0.05, 0.1) is 17.2 Å². The molecule has 2 aromatic heterocycles. The first-order chi connectivity index (χ1) is 13.3. The van der Waals surface area contributed by atoms with Crippen molar-refractivity contribution in [3.8, 4) is 0 Å². The summed E-state index contributed by atoms with van der Waals surface area (Å²) >= 11 is 2.79. The molecule has 0 unspecified atom stereocenters. The first-order valence-electron chi connectivity index (χ1n) is 8.38. The van der Waals surface area contributed by atoms with Crippen LogP contribution in [0.4, 0.5) is 13.2 Å². The zero-order valence-corrected chi connectivity index (χ0v) is 16.4. The van der Waals surface area contributed by atoms with Crippen LogP contribution in [-0.2, 0) is 10.9 Å². The Morgan fingerprint density at radius 2 is 1.64 bits per heavy atom. The molecule has 1 aromatic carbocycles. The van der Waals surface area contributed by atoms with E-state index in [1.807, 2.05) is 10.8 Å². The maximum absolute atomic E-state index is 12.8. The normalized spacial score (nSPS) is 15.0. The van der Waals surface area contributed by atoms with Crippen LogP contribution in [0.3, 0.4) is 0 Å². The Labute approximate surface area is 168 Å². The number of esters is 1. The highest BCUT2D eigenvalue weighted by Gasteiger charge is 2.33. The van der Waals surface area contributed by atoms with Gasteiger partial charge in [0, 0.05) is 16.9 Å². The smallest absolute Gasteiger partial charge is 0.416 e. The molecule has 0 saturated heterocycles. The maximum Gasteiger partial charge on any atom is 0.416 e. The molecular weight excluding hydrogens is 409 g/mol. The van der Waals surface area contributed by atoms with Gasteiger partial charge in [0.1, 0.15) is 6.10 Å². The minimum absolute atomic E-state index is 0.326. The van der Waals surface area contributed by atoms with Crippen LogP contribution in [0.2, 0.25) is 0 Å². The predicted molar refractivity (Wildman–Crippen MR) is 102 cm³/mol. The number of rotatable bonds is 6. The fourth-order valence-corrected chi connectivity index (χ4v) is 4.13. The van der Waals surface area contributed by atoms with Crippen molar-refractivity contribution in [3.63, 3.8) is 0 Å². The number of carbonyl (C=O) groups excluding carboxylic acids is 1. The molecule has 0 aliphatic carbocycles. The molecule has 3 aromatic rings. The molecule has 148 valence electrons. The summed E-state index contributed by atoms with van der Waals surface area (Å²) in [5.74, 6) is -1.09. The molecule has 2 heterocycles. The van der Waals surface area contributed by atoms with Crippen LogP contribution in [-0.4, -0.2) is 11.1 Å². The van der Waals surface area contributed by atoms with Crippen LogP contribution < -0.4 is 0 Å². The van der Waals surface area contributed by atoms with Gasteiger partial charge in [0.2, 0.25) is 0 Å². The number of aliphatic hydroxyl groups is 1. The van der Waals surface area contributed by atoms with Gasteiger partial charge >= 0.3 is 12.1 Å². The number of halogens is 3. The van der Waals surface area contributed by atoms with Crippen LogP contribution in [0, 0.1) is 5.92 Å². The molecule has 8 heteroatoms. The fourth-order valence-electron chi connectivity index (χ4n) is 2.82. The number of hydrogen-bond acceptors (Lipinski definition) is 5. The Hall–Kier alpha value is -2.16. The lowest BCUT2D eigenvalue weighted by atomic mass is 9.89. The molecule has 3 rings (SSSR count). The monoisotopic (exact) mass is 426 g/mol. The highest BCUT2D eigenvalue weighted by atomic mass is 32.1. The molecular formula is C20H17F3O3S2. The summed E-state index contributed by atoms with van der Waals surface area (Å²) in [6.07, 6.45) is -6.29. The van der Waals surface area contributed by atoms with E-state index in [0.717, 1.165) is 17.7 Å². The summed E-state index contributed by atoms with van der Waals surface area (Å²) in [6.45, 7) is 1.70. The highest BCUT2D eigenvalue weighted by Crippen LogP contribution is 2.38. The van der Waals surface area contributed by atoms with Gasteiger partial charge in [-0.1, -0.05) is 19.1 Å². The SMILES string of the molecule is C[C@@H]([C@H](O)c1ccc(C(F)(F)F)cc1)[C@H](OC(=O)c1ccsc1)c1ccsc1. The molecule has 0 saturated carbocycles. The Balaban J connectivity index is 1.82. The number of aliphatic hydroxyl groups excluding tert-OH is 1. The van der Waals surface area contributed by atoms with E-state index in [4.69, 9.17) is 4.74 Å². The third kappa shape index (κ3) is 4.63. The quantitative estimate of drug-likeness (QED) is 0.485. The molecule has 28 heavy (non-hydrogen) atoms. The van der Waals surface area contributed by atoms with Crippen molar-refractivity contribution in [2.75, 3.05) is 0 Å². The van der Waals surface area contributed by atoms with E-state index < -0.39 is 35.8 Å². The molecule has 0 spiro atoms. The zero-order chi connectivity index (χ0) is 20.3. The summed E-state index contributed by atoms with van der Waals surface area (Å²) in [5.41, 5.74) is 0.690. The van der Waals surface area contributed by atoms with Gasteiger partial charge in [-0.05, 0) is 46.0 Å². The van der Waals surface area contributed by atoms with Crippen molar-refractivity contribution in [3.05, 3.63) is 80.2 Å². The van der Waals surface area contributed by atoms with E-state index in [2.05, 4.69) is 0 Å². The van der Waals surface area contributed by atoms with Gasteiger partial charge in [-0.2, -0.15) is 35.8 Å². The van der Waals surface area contributed by atoms with Gasteiger partial charge in [-0.3, -0.25) is 0 Å². The van der Waals surface area contributed by atoms with Crippen LogP contribution in [0.25, 0.3) is 0 Å². The van der Waals surface area contributed by atoms with Crippen molar-refractivity contribution < 1.29 is 27.8 Å². The van der Waals surface area contributed by atoms with Gasteiger partial charge in [0.15, 0.2) is 0 Å². The fraction of sp³-hybridized carbons (Fsp3) is 0.250. The van der Waals surface area contributed by atoms with Crippen molar-refractivity contribution >= 4 is 28.6 Å². The Kier molecular flexibility index (Phi) is 6.22. The third-order valence-corrected chi connectivity index (χ3v) is 5.80. The summed E-state index contributed by atoms with van der Waals surface area (Å²) in [4.78, 5) is 12.4. The lowest BCUT2D eigenvalue weighted by molar-refractivity contribution is -0.137. The number of thiophene rings is 2. The van der Waals surface area contributed by atoms with E-state index in [-0.39, 0.29) is 0 Å². The zero-order valence-electron chi connectivity index (χ0n) is 14.7. The number of ether oxygens (including phenoxy) is 1. The van der Waals surface area contributed by atoms with Crippen LogP contribution in [0.5, 0.6) is 0 Å². The molecule has 3 nitrogen and oxygen atoms in total. The minimum atomic E-state index is -4.44. The summed E-state index contributed by atoms with van der Waals surface area (Å²) < 4.78 is 43.9. The number of hydrogen-bond donors (Lipinski definition) is 1. The van der Waals surface area contributed by atoms with E-state index in [0.29, 0.717) is 11.1 Å². The van der Waals surface area contributed by atoms with Gasteiger partial charge < -0.3 is 9.84 Å². The van der Waals surface area contributed by atoms with Crippen molar-refractivity contribution in [2.24, 2.45) is 5.92 Å². The Morgan fingerprint density at radius 1 is 1.00 bits per heavy atom. The second kappa shape index (κ2) is 8.46. The summed E-state index contributed by atoms with van der Waals surface area (Å²) in [7, 11) is 0. The van der Waals surface area contributed by atoms with Crippen molar-refractivity contribution in [2.45, 2.75) is 25.3 Å². The molecule has 0 aliphatic rings. The van der Waals surface area contributed by atoms with Crippen LogP contribution >= 0.6 is 22.7 Å². The summed E-state index contributed by atoms with van der Waals surface area (Å²) in [6, 6.07) is 7.80. The van der Waals surface area contributed by atoms with E-state index >= 15 is 0 Å². The third-order valence-electron chi connectivity index (χ3n) is 4.42. The number of alkyl halides is 3. The molecule has 0 fully saturated rings. The van der Waals surface area contributed by atoms with Crippen LogP contribution in [0.1, 0.15) is 46.2 Å².